The van der Waals surface area contributed by atoms with Crippen LogP contribution in [0.2, 0.25) is 0 Å². The van der Waals surface area contributed by atoms with Crippen LogP contribution in [0.1, 0.15) is 11.1 Å². The fourth-order valence-electron chi connectivity index (χ4n) is 1.30. The molecule has 0 heterocycles. The van der Waals surface area contributed by atoms with E-state index < -0.39 is 0 Å². The second-order valence-electron chi connectivity index (χ2n) is 3.01. The molecule has 0 atom stereocenters. The summed E-state index contributed by atoms with van der Waals surface area (Å²) < 4.78 is 6.57. The molecular formula is C11H14BrNO. The molecule has 2 nitrogen and oxygen atoms in total. The summed E-state index contributed by atoms with van der Waals surface area (Å²) in [5, 5.41) is 0. The number of hydrogen-bond acceptors (Lipinski definition) is 2. The van der Waals surface area contributed by atoms with Crippen molar-refractivity contribution < 1.29 is 4.74 Å². The summed E-state index contributed by atoms with van der Waals surface area (Å²) in [6.45, 7) is 6.60. The summed E-state index contributed by atoms with van der Waals surface area (Å²) in [6, 6.07) is 3.99. The molecule has 0 spiro atoms. The van der Waals surface area contributed by atoms with Crippen LogP contribution in [0.3, 0.4) is 0 Å². The van der Waals surface area contributed by atoms with Crippen molar-refractivity contribution in [3.63, 3.8) is 0 Å². The van der Waals surface area contributed by atoms with Crippen molar-refractivity contribution in [3.05, 3.63) is 40.4 Å². The summed E-state index contributed by atoms with van der Waals surface area (Å²) in [5.41, 5.74) is 7.73. The van der Waals surface area contributed by atoms with E-state index in [-0.39, 0.29) is 0 Å². The molecule has 0 unspecified atom stereocenters. The van der Waals surface area contributed by atoms with E-state index in [1.165, 1.54) is 0 Å². The van der Waals surface area contributed by atoms with E-state index in [1.54, 1.807) is 6.08 Å². The first-order valence-corrected chi connectivity index (χ1v) is 5.21. The van der Waals surface area contributed by atoms with E-state index in [1.807, 2.05) is 19.1 Å². The van der Waals surface area contributed by atoms with Gasteiger partial charge in [-0.15, -0.1) is 0 Å². The maximum absolute atomic E-state index is 5.63. The highest BCUT2D eigenvalue weighted by Crippen LogP contribution is 2.27. The van der Waals surface area contributed by atoms with Crippen molar-refractivity contribution >= 4 is 15.9 Å². The Bertz CT molecular complexity index is 336. The zero-order chi connectivity index (χ0) is 10.6. The highest BCUT2D eigenvalue weighted by Gasteiger charge is 2.06. The van der Waals surface area contributed by atoms with Gasteiger partial charge in [0, 0.05) is 16.6 Å². The minimum Gasteiger partial charge on any atom is -0.489 e. The van der Waals surface area contributed by atoms with Crippen LogP contribution in [-0.4, -0.2) is 6.61 Å². The topological polar surface area (TPSA) is 35.2 Å². The lowest BCUT2D eigenvalue weighted by molar-refractivity contribution is 0.356. The van der Waals surface area contributed by atoms with Gasteiger partial charge in [-0.1, -0.05) is 28.6 Å². The van der Waals surface area contributed by atoms with Crippen molar-refractivity contribution in [1.29, 1.82) is 0 Å². The third kappa shape index (κ3) is 2.59. The van der Waals surface area contributed by atoms with Gasteiger partial charge in [-0.2, -0.15) is 0 Å². The monoisotopic (exact) mass is 255 g/mol. The molecule has 2 N–H and O–H groups in total. The number of ether oxygens (including phenoxy) is 1. The number of halogens is 1. The fraction of sp³-hybridized carbons (Fsp3) is 0.273. The van der Waals surface area contributed by atoms with Gasteiger partial charge in [0.1, 0.15) is 12.4 Å². The maximum atomic E-state index is 5.63. The standard InChI is InChI=1S/C11H14BrNO/c1-3-4-14-11-8(2)5-10(12)6-9(11)7-13/h3,5-6H,1,4,7,13H2,2H3. The largest absolute Gasteiger partial charge is 0.489 e. The maximum Gasteiger partial charge on any atom is 0.127 e. The smallest absolute Gasteiger partial charge is 0.127 e. The molecule has 0 aromatic heterocycles. The number of nitrogens with two attached hydrogens (primary N) is 1. The fourth-order valence-corrected chi connectivity index (χ4v) is 1.92. The number of rotatable bonds is 4. The minimum absolute atomic E-state index is 0.479. The Morgan fingerprint density at radius 2 is 2.29 bits per heavy atom. The molecule has 76 valence electrons. The van der Waals surface area contributed by atoms with Gasteiger partial charge < -0.3 is 10.5 Å². The van der Waals surface area contributed by atoms with Gasteiger partial charge in [0.25, 0.3) is 0 Å². The average molecular weight is 256 g/mol. The molecule has 0 aliphatic heterocycles. The normalized spacial score (nSPS) is 9.93. The second-order valence-corrected chi connectivity index (χ2v) is 3.93. The van der Waals surface area contributed by atoms with E-state index in [0.29, 0.717) is 13.2 Å². The van der Waals surface area contributed by atoms with E-state index in [0.717, 1.165) is 21.3 Å². The van der Waals surface area contributed by atoms with Crippen molar-refractivity contribution in [2.75, 3.05) is 6.61 Å². The first-order valence-electron chi connectivity index (χ1n) is 4.41. The van der Waals surface area contributed by atoms with Gasteiger partial charge in [-0.25, -0.2) is 0 Å². The van der Waals surface area contributed by atoms with E-state index in [2.05, 4.69) is 22.5 Å². The SMILES string of the molecule is C=CCOc1c(C)cc(Br)cc1CN. The number of hydrogen-bond donors (Lipinski definition) is 1. The van der Waals surface area contributed by atoms with Gasteiger partial charge in [-0.3, -0.25) is 0 Å². The van der Waals surface area contributed by atoms with Crippen LogP contribution in [0.4, 0.5) is 0 Å². The average Bonchev–Trinajstić information content (AvgIpc) is 2.15. The Kier molecular flexibility index (Phi) is 4.17. The van der Waals surface area contributed by atoms with Crippen molar-refractivity contribution in [2.45, 2.75) is 13.5 Å². The number of benzene rings is 1. The predicted octanol–water partition coefficient (Wildman–Crippen LogP) is 2.78. The third-order valence-corrected chi connectivity index (χ3v) is 2.34. The highest BCUT2D eigenvalue weighted by atomic mass is 79.9. The zero-order valence-corrected chi connectivity index (χ0v) is 9.80. The minimum atomic E-state index is 0.479. The first-order chi connectivity index (χ1) is 6.69. The highest BCUT2D eigenvalue weighted by molar-refractivity contribution is 9.10. The summed E-state index contributed by atoms with van der Waals surface area (Å²) in [7, 11) is 0. The van der Waals surface area contributed by atoms with Crippen LogP contribution in [-0.2, 0) is 6.54 Å². The summed E-state index contributed by atoms with van der Waals surface area (Å²) in [6.07, 6.45) is 1.72. The quantitative estimate of drug-likeness (QED) is 0.841. The number of aryl methyl sites for hydroxylation is 1. The summed E-state index contributed by atoms with van der Waals surface area (Å²) >= 11 is 3.42. The van der Waals surface area contributed by atoms with Gasteiger partial charge in [-0.05, 0) is 24.6 Å². The Balaban J connectivity index is 3.04. The predicted molar refractivity (Wildman–Crippen MR) is 62.5 cm³/mol. The van der Waals surface area contributed by atoms with Crippen molar-refractivity contribution in [3.8, 4) is 5.75 Å². The Hall–Kier alpha value is -0.800. The Morgan fingerprint density at radius 1 is 1.57 bits per heavy atom. The Labute approximate surface area is 92.9 Å². The van der Waals surface area contributed by atoms with Gasteiger partial charge in [0.05, 0.1) is 0 Å². The lowest BCUT2D eigenvalue weighted by Crippen LogP contribution is -2.04. The first kappa shape index (κ1) is 11.3. The molecule has 0 aliphatic carbocycles. The molecule has 1 aromatic rings. The van der Waals surface area contributed by atoms with Gasteiger partial charge in [0.2, 0.25) is 0 Å². The summed E-state index contributed by atoms with van der Waals surface area (Å²) in [5.74, 6) is 0.871. The molecule has 0 bridgehead atoms. The third-order valence-electron chi connectivity index (χ3n) is 1.88. The lowest BCUT2D eigenvalue weighted by atomic mass is 10.1. The van der Waals surface area contributed by atoms with Crippen molar-refractivity contribution in [2.24, 2.45) is 5.73 Å². The summed E-state index contributed by atoms with van der Waals surface area (Å²) in [4.78, 5) is 0. The van der Waals surface area contributed by atoms with E-state index in [9.17, 15) is 0 Å². The molecule has 3 heteroatoms. The van der Waals surface area contributed by atoms with E-state index >= 15 is 0 Å². The Morgan fingerprint density at radius 3 is 2.86 bits per heavy atom. The van der Waals surface area contributed by atoms with E-state index in [4.69, 9.17) is 10.5 Å². The molecule has 1 aromatic carbocycles. The van der Waals surface area contributed by atoms with Crippen LogP contribution < -0.4 is 10.5 Å². The molecule has 0 saturated carbocycles. The molecule has 0 radical (unpaired) electrons. The molecule has 0 aliphatic rings. The van der Waals surface area contributed by atoms with Crippen LogP contribution in [0, 0.1) is 6.92 Å². The van der Waals surface area contributed by atoms with Crippen LogP contribution >= 0.6 is 15.9 Å². The molecule has 14 heavy (non-hydrogen) atoms. The second kappa shape index (κ2) is 5.17. The molecular weight excluding hydrogens is 242 g/mol. The van der Waals surface area contributed by atoms with Gasteiger partial charge >= 0.3 is 0 Å². The lowest BCUT2D eigenvalue weighted by Gasteiger charge is -2.12. The molecule has 0 fully saturated rings. The molecule has 0 saturated heterocycles. The molecule has 1 rings (SSSR count). The van der Waals surface area contributed by atoms with Gasteiger partial charge in [0.15, 0.2) is 0 Å². The van der Waals surface area contributed by atoms with Crippen LogP contribution in [0.25, 0.3) is 0 Å². The van der Waals surface area contributed by atoms with Crippen LogP contribution in [0.15, 0.2) is 29.3 Å². The van der Waals surface area contributed by atoms with Crippen LogP contribution in [0.5, 0.6) is 5.75 Å². The van der Waals surface area contributed by atoms with Crippen molar-refractivity contribution in [1.82, 2.24) is 0 Å². The molecule has 0 amide bonds. The zero-order valence-electron chi connectivity index (χ0n) is 8.22.